The first kappa shape index (κ1) is 24.4. The molecule has 1 aliphatic heterocycles. The summed E-state index contributed by atoms with van der Waals surface area (Å²) >= 11 is 0. The van der Waals surface area contributed by atoms with E-state index in [9.17, 15) is 9.90 Å². The van der Waals surface area contributed by atoms with Crippen LogP contribution in [0.3, 0.4) is 0 Å². The van der Waals surface area contributed by atoms with E-state index in [2.05, 4.69) is 60.4 Å². The molecular formula is C24H37N5O3. The highest BCUT2D eigenvalue weighted by Crippen LogP contribution is 2.19. The highest BCUT2D eigenvalue weighted by molar-refractivity contribution is 5.76. The summed E-state index contributed by atoms with van der Waals surface area (Å²) in [5.74, 6) is 0.157. The van der Waals surface area contributed by atoms with Gasteiger partial charge >= 0.3 is 0 Å². The molecule has 8 heteroatoms. The van der Waals surface area contributed by atoms with Crippen LogP contribution in [-0.4, -0.2) is 74.7 Å². The number of benzene rings is 1. The van der Waals surface area contributed by atoms with E-state index in [0.717, 1.165) is 18.8 Å². The van der Waals surface area contributed by atoms with Crippen molar-refractivity contribution in [3.05, 3.63) is 47.3 Å². The third-order valence-electron chi connectivity index (χ3n) is 6.20. The summed E-state index contributed by atoms with van der Waals surface area (Å²) in [5.41, 5.74) is 3.43. The number of aromatic nitrogens is 3. The van der Waals surface area contributed by atoms with Crippen LogP contribution in [0.1, 0.15) is 43.5 Å². The third kappa shape index (κ3) is 6.60. The zero-order valence-corrected chi connectivity index (χ0v) is 19.8. The number of rotatable bonds is 6. The number of fused-ring (bicyclic) bond motifs is 1. The maximum atomic E-state index is 12.9. The Morgan fingerprint density at radius 2 is 2.06 bits per heavy atom. The zero-order valence-electron chi connectivity index (χ0n) is 19.8. The molecule has 0 bridgehead atoms. The largest absolute Gasteiger partial charge is 0.394 e. The first-order valence-corrected chi connectivity index (χ1v) is 11.5. The Balaban J connectivity index is 1.76. The van der Waals surface area contributed by atoms with E-state index in [0.29, 0.717) is 32.5 Å². The number of aliphatic hydroxyl groups is 1. The second-order valence-electron chi connectivity index (χ2n) is 9.14. The van der Waals surface area contributed by atoms with Gasteiger partial charge in [0.2, 0.25) is 5.91 Å². The van der Waals surface area contributed by atoms with Gasteiger partial charge in [0, 0.05) is 38.5 Å². The number of ether oxygens (including phenoxy) is 1. The quantitative estimate of drug-likeness (QED) is 0.737. The molecule has 3 atom stereocenters. The van der Waals surface area contributed by atoms with Crippen LogP contribution in [-0.2, 0) is 29.2 Å². The van der Waals surface area contributed by atoms with E-state index in [-0.39, 0.29) is 30.6 Å². The lowest BCUT2D eigenvalue weighted by Gasteiger charge is -2.35. The number of nitrogens with zero attached hydrogens (tertiary/aromatic N) is 5. The van der Waals surface area contributed by atoms with Crippen LogP contribution in [0.2, 0.25) is 0 Å². The van der Waals surface area contributed by atoms with E-state index in [4.69, 9.17) is 4.74 Å². The molecule has 1 aromatic carbocycles. The standard InChI is InChI=1S/C24H37N5O3/c1-18-7-9-21(10-8-18)14-27(4)15-23-19(2)13-28(20(3)16-30)24(31)6-5-11-29-22(17-32-23)12-25-26-29/h7-10,12,19-20,23,30H,5-6,11,13-17H2,1-4H3/t19-,20-,23+/m0/s1. The minimum absolute atomic E-state index is 0.0511. The smallest absolute Gasteiger partial charge is 0.222 e. The highest BCUT2D eigenvalue weighted by Gasteiger charge is 2.28. The molecule has 1 aliphatic rings. The number of hydrogen-bond donors (Lipinski definition) is 1. The van der Waals surface area contributed by atoms with Crippen LogP contribution >= 0.6 is 0 Å². The first-order valence-electron chi connectivity index (χ1n) is 11.5. The molecular weight excluding hydrogens is 406 g/mol. The van der Waals surface area contributed by atoms with Crippen LogP contribution < -0.4 is 0 Å². The fourth-order valence-electron chi connectivity index (χ4n) is 4.12. The summed E-state index contributed by atoms with van der Waals surface area (Å²) in [4.78, 5) is 17.0. The molecule has 0 radical (unpaired) electrons. The van der Waals surface area contributed by atoms with Gasteiger partial charge in [-0.2, -0.15) is 0 Å². The van der Waals surface area contributed by atoms with E-state index in [1.165, 1.54) is 11.1 Å². The third-order valence-corrected chi connectivity index (χ3v) is 6.20. The minimum atomic E-state index is -0.222. The Hall–Kier alpha value is -2.29. The van der Waals surface area contributed by atoms with Gasteiger partial charge in [-0.3, -0.25) is 9.69 Å². The SMILES string of the molecule is Cc1ccc(CN(C)C[C@H]2OCc3cnnn3CCCC(=O)N([C@@H](C)CO)C[C@@H]2C)cc1. The molecule has 0 fully saturated rings. The monoisotopic (exact) mass is 443 g/mol. The van der Waals surface area contributed by atoms with Gasteiger partial charge in [0.1, 0.15) is 0 Å². The molecule has 0 unspecified atom stereocenters. The number of likely N-dealkylation sites (N-methyl/N-ethyl adjacent to an activating group) is 1. The van der Waals surface area contributed by atoms with Gasteiger partial charge in [-0.25, -0.2) is 4.68 Å². The molecule has 2 aromatic rings. The molecule has 0 spiro atoms. The molecule has 0 aliphatic carbocycles. The van der Waals surface area contributed by atoms with Crippen molar-refractivity contribution < 1.29 is 14.6 Å². The molecule has 0 saturated carbocycles. The van der Waals surface area contributed by atoms with Crippen molar-refractivity contribution in [1.82, 2.24) is 24.8 Å². The van der Waals surface area contributed by atoms with Gasteiger partial charge in [0.25, 0.3) is 0 Å². The highest BCUT2D eigenvalue weighted by atomic mass is 16.5. The van der Waals surface area contributed by atoms with E-state index in [1.54, 1.807) is 6.20 Å². The van der Waals surface area contributed by atoms with Gasteiger partial charge in [-0.05, 0) is 32.9 Å². The van der Waals surface area contributed by atoms with Crippen LogP contribution in [0.4, 0.5) is 0 Å². The topological polar surface area (TPSA) is 83.7 Å². The Kier molecular flexibility index (Phi) is 8.78. The number of carbonyl (C=O) groups is 1. The molecule has 1 amide bonds. The average molecular weight is 444 g/mol. The van der Waals surface area contributed by atoms with Crippen molar-refractivity contribution in [2.75, 3.05) is 26.7 Å². The van der Waals surface area contributed by atoms with E-state index < -0.39 is 0 Å². The Morgan fingerprint density at radius 3 is 2.78 bits per heavy atom. The minimum Gasteiger partial charge on any atom is -0.394 e. The van der Waals surface area contributed by atoms with Crippen molar-refractivity contribution >= 4 is 5.91 Å². The average Bonchev–Trinajstić information content (AvgIpc) is 3.22. The number of aryl methyl sites for hydroxylation is 2. The fourth-order valence-corrected chi connectivity index (χ4v) is 4.12. The summed E-state index contributed by atoms with van der Waals surface area (Å²) in [6.45, 7) is 9.22. The van der Waals surface area contributed by atoms with Crippen LogP contribution in [0, 0.1) is 12.8 Å². The number of aliphatic hydroxyl groups excluding tert-OH is 1. The number of carbonyl (C=O) groups excluding carboxylic acids is 1. The van der Waals surface area contributed by atoms with Crippen LogP contribution in [0.25, 0.3) is 0 Å². The molecule has 3 rings (SSSR count). The van der Waals surface area contributed by atoms with Crippen molar-refractivity contribution in [1.29, 1.82) is 0 Å². The Bertz CT molecular complexity index is 854. The summed E-state index contributed by atoms with van der Waals surface area (Å²) in [7, 11) is 2.09. The Labute approximate surface area is 191 Å². The summed E-state index contributed by atoms with van der Waals surface area (Å²) in [5, 5.41) is 17.9. The lowest BCUT2D eigenvalue weighted by Crippen LogP contribution is -2.47. The van der Waals surface area contributed by atoms with Crippen molar-refractivity contribution in [2.45, 2.75) is 65.5 Å². The summed E-state index contributed by atoms with van der Waals surface area (Å²) in [6.07, 6.45) is 2.76. The van der Waals surface area contributed by atoms with Gasteiger partial charge in [-0.15, -0.1) is 5.10 Å². The van der Waals surface area contributed by atoms with Gasteiger partial charge in [-0.1, -0.05) is 42.0 Å². The molecule has 1 aromatic heterocycles. The maximum absolute atomic E-state index is 12.9. The van der Waals surface area contributed by atoms with E-state index >= 15 is 0 Å². The molecule has 32 heavy (non-hydrogen) atoms. The molecule has 2 heterocycles. The predicted octanol–water partition coefficient (Wildman–Crippen LogP) is 2.24. The number of hydrogen-bond acceptors (Lipinski definition) is 6. The second kappa shape index (κ2) is 11.5. The maximum Gasteiger partial charge on any atom is 0.222 e. The zero-order chi connectivity index (χ0) is 23.1. The Morgan fingerprint density at radius 1 is 1.31 bits per heavy atom. The fraction of sp³-hybridized carbons (Fsp3) is 0.625. The molecule has 1 N–H and O–H groups in total. The summed E-state index contributed by atoms with van der Waals surface area (Å²) < 4.78 is 8.22. The summed E-state index contributed by atoms with van der Waals surface area (Å²) in [6, 6.07) is 8.36. The normalized spacial score (nSPS) is 21.7. The van der Waals surface area contributed by atoms with Crippen molar-refractivity contribution in [2.24, 2.45) is 5.92 Å². The van der Waals surface area contributed by atoms with Crippen molar-refractivity contribution in [3.63, 3.8) is 0 Å². The second-order valence-corrected chi connectivity index (χ2v) is 9.14. The molecule has 176 valence electrons. The van der Waals surface area contributed by atoms with Gasteiger partial charge in [0.15, 0.2) is 0 Å². The first-order chi connectivity index (χ1) is 15.4. The van der Waals surface area contributed by atoms with Gasteiger partial charge < -0.3 is 14.7 Å². The van der Waals surface area contributed by atoms with Crippen LogP contribution in [0.15, 0.2) is 30.5 Å². The molecule has 0 saturated heterocycles. The van der Waals surface area contributed by atoms with Crippen LogP contribution in [0.5, 0.6) is 0 Å². The van der Waals surface area contributed by atoms with E-state index in [1.807, 2.05) is 16.5 Å². The lowest BCUT2D eigenvalue weighted by atomic mass is 10.0. The molecule has 8 nitrogen and oxygen atoms in total. The van der Waals surface area contributed by atoms with Gasteiger partial charge in [0.05, 0.1) is 37.3 Å². The predicted molar refractivity (Wildman–Crippen MR) is 123 cm³/mol. The lowest BCUT2D eigenvalue weighted by molar-refractivity contribution is -0.136. The number of amides is 1. The van der Waals surface area contributed by atoms with Crippen molar-refractivity contribution in [3.8, 4) is 0 Å².